The number of allylic oxidation sites excluding steroid dienone is 2. The Morgan fingerprint density at radius 3 is 2.69 bits per heavy atom. The maximum atomic E-state index is 14.7. The quantitative estimate of drug-likeness (QED) is 0.714. The number of imidazole rings is 1. The van der Waals surface area contributed by atoms with Gasteiger partial charge in [-0.3, -0.25) is 15.1 Å². The average Bonchev–Trinajstić information content (AvgIpc) is 3.25. The Morgan fingerprint density at radius 2 is 1.92 bits per heavy atom. The lowest BCUT2D eigenvalue weighted by molar-refractivity contribution is -0.126. The highest BCUT2D eigenvalue weighted by Gasteiger charge is 2.39. The van der Waals surface area contributed by atoms with Gasteiger partial charge in [0, 0.05) is 37.7 Å². The van der Waals surface area contributed by atoms with E-state index in [1.54, 1.807) is 18.3 Å². The minimum Gasteiger partial charge on any atom is -0.310 e. The number of carbonyl (C=O) groups is 1. The van der Waals surface area contributed by atoms with Crippen LogP contribution in [0.2, 0.25) is 0 Å². The van der Waals surface area contributed by atoms with Gasteiger partial charge in [0.15, 0.2) is 5.67 Å². The minimum atomic E-state index is -1.88. The van der Waals surface area contributed by atoms with Gasteiger partial charge >= 0.3 is 0 Å². The zero-order valence-electron chi connectivity index (χ0n) is 14.2. The molecule has 0 saturated heterocycles. The number of carbonyl (C=O) groups excluding carboxylic acids is 1. The number of hydrogen-bond acceptors (Lipinski definition) is 3. The van der Waals surface area contributed by atoms with Crippen molar-refractivity contribution < 1.29 is 9.18 Å². The van der Waals surface area contributed by atoms with Gasteiger partial charge in [0.1, 0.15) is 0 Å². The van der Waals surface area contributed by atoms with Gasteiger partial charge in [-0.15, -0.1) is 0 Å². The third kappa shape index (κ3) is 3.10. The van der Waals surface area contributed by atoms with Crippen molar-refractivity contribution in [3.05, 3.63) is 66.5 Å². The largest absolute Gasteiger partial charge is 0.310 e. The van der Waals surface area contributed by atoms with Crippen LogP contribution in [0.3, 0.4) is 0 Å². The Bertz CT molecular complexity index is 956. The summed E-state index contributed by atoms with van der Waals surface area (Å²) in [6, 6.07) is 13.4. The van der Waals surface area contributed by atoms with Gasteiger partial charge < -0.3 is 4.57 Å². The molecular weight excluding hydrogens is 331 g/mol. The molecule has 1 aliphatic rings. The van der Waals surface area contributed by atoms with E-state index in [0.29, 0.717) is 18.9 Å². The van der Waals surface area contributed by atoms with Crippen LogP contribution in [0.1, 0.15) is 18.5 Å². The first-order valence-electron chi connectivity index (χ1n) is 8.66. The number of anilines is 1. The lowest BCUT2D eigenvalue weighted by Crippen LogP contribution is -2.37. The number of para-hydroxylation sites is 2. The lowest BCUT2D eigenvalue weighted by Gasteiger charge is -2.18. The summed E-state index contributed by atoms with van der Waals surface area (Å²) in [5.41, 5.74) is 0.728. The molecule has 1 amide bonds. The molecule has 26 heavy (non-hydrogen) atoms. The van der Waals surface area contributed by atoms with Gasteiger partial charge in [0.05, 0.1) is 11.0 Å². The van der Waals surface area contributed by atoms with Crippen LogP contribution in [0.4, 0.5) is 10.3 Å². The summed E-state index contributed by atoms with van der Waals surface area (Å²) in [5.74, 6) is -0.270. The third-order valence-corrected chi connectivity index (χ3v) is 4.65. The fourth-order valence-corrected chi connectivity index (χ4v) is 3.19. The Kier molecular flexibility index (Phi) is 4.24. The number of halogens is 1. The van der Waals surface area contributed by atoms with Crippen LogP contribution in [-0.4, -0.2) is 26.1 Å². The number of aromatic nitrogens is 3. The molecule has 0 aliphatic heterocycles. The van der Waals surface area contributed by atoms with Crippen LogP contribution in [0, 0.1) is 0 Å². The molecule has 2 aromatic heterocycles. The summed E-state index contributed by atoms with van der Waals surface area (Å²) in [4.78, 5) is 21.3. The number of amides is 1. The second-order valence-corrected chi connectivity index (χ2v) is 6.45. The maximum Gasteiger partial charge on any atom is 0.265 e. The normalized spacial score (nSPS) is 15.4. The van der Waals surface area contributed by atoms with Gasteiger partial charge in [-0.25, -0.2) is 9.37 Å². The number of benzene rings is 1. The number of nitrogens with one attached hydrogen (secondary N) is 1. The molecule has 3 aromatic rings. The van der Waals surface area contributed by atoms with Gasteiger partial charge in [0.25, 0.3) is 5.91 Å². The number of pyridine rings is 1. The van der Waals surface area contributed by atoms with Crippen LogP contribution < -0.4 is 5.32 Å². The molecule has 0 saturated carbocycles. The Balaban J connectivity index is 1.62. The Morgan fingerprint density at radius 1 is 1.15 bits per heavy atom. The topological polar surface area (TPSA) is 59.8 Å². The molecule has 132 valence electrons. The summed E-state index contributed by atoms with van der Waals surface area (Å²) in [5, 5.41) is 2.70. The molecule has 1 aromatic carbocycles. The Hall–Kier alpha value is -3.02. The average molecular weight is 350 g/mol. The van der Waals surface area contributed by atoms with Crippen molar-refractivity contribution in [1.29, 1.82) is 0 Å². The van der Waals surface area contributed by atoms with Crippen molar-refractivity contribution in [3.63, 3.8) is 0 Å². The van der Waals surface area contributed by atoms with Crippen LogP contribution in [-0.2, 0) is 17.8 Å². The zero-order valence-corrected chi connectivity index (χ0v) is 14.2. The monoisotopic (exact) mass is 350 g/mol. The highest BCUT2D eigenvalue weighted by molar-refractivity contribution is 5.98. The summed E-state index contributed by atoms with van der Waals surface area (Å²) in [6.07, 6.45) is 6.05. The van der Waals surface area contributed by atoms with E-state index in [2.05, 4.69) is 15.3 Å². The smallest absolute Gasteiger partial charge is 0.265 e. The second-order valence-electron chi connectivity index (χ2n) is 6.45. The summed E-state index contributed by atoms with van der Waals surface area (Å²) >= 11 is 0. The molecule has 0 bridgehead atoms. The predicted molar refractivity (Wildman–Crippen MR) is 98.5 cm³/mol. The van der Waals surface area contributed by atoms with Crippen molar-refractivity contribution in [2.45, 2.75) is 31.5 Å². The number of alkyl halides is 1. The molecule has 5 nitrogen and oxygen atoms in total. The van der Waals surface area contributed by atoms with Crippen molar-refractivity contribution in [2.24, 2.45) is 0 Å². The van der Waals surface area contributed by atoms with E-state index in [1.807, 2.05) is 47.0 Å². The summed E-state index contributed by atoms with van der Waals surface area (Å²) in [7, 11) is 0. The van der Waals surface area contributed by atoms with E-state index < -0.39 is 11.6 Å². The fraction of sp³-hybridized carbons (Fsp3) is 0.250. The number of rotatable bonds is 5. The number of aryl methyl sites for hydroxylation is 2. The molecule has 0 radical (unpaired) electrons. The molecule has 1 N–H and O–H groups in total. The van der Waals surface area contributed by atoms with Crippen LogP contribution >= 0.6 is 0 Å². The number of fused-ring (bicyclic) bond motifs is 1. The molecule has 4 rings (SSSR count). The SMILES string of the molecule is O=C(Nc1nc2ccccc2n1CCc1ccccn1)C1(F)CC=CC1. The van der Waals surface area contributed by atoms with Gasteiger partial charge in [-0.1, -0.05) is 30.4 Å². The van der Waals surface area contributed by atoms with E-state index in [9.17, 15) is 9.18 Å². The molecule has 0 spiro atoms. The fourth-order valence-electron chi connectivity index (χ4n) is 3.19. The maximum absolute atomic E-state index is 14.7. The highest BCUT2D eigenvalue weighted by atomic mass is 19.1. The van der Waals surface area contributed by atoms with E-state index in [1.165, 1.54) is 0 Å². The van der Waals surface area contributed by atoms with Crippen molar-refractivity contribution >= 4 is 22.9 Å². The van der Waals surface area contributed by atoms with Gasteiger partial charge in [0.2, 0.25) is 5.95 Å². The molecule has 6 heteroatoms. The van der Waals surface area contributed by atoms with Gasteiger partial charge in [-0.05, 0) is 24.3 Å². The predicted octanol–water partition coefficient (Wildman–Crippen LogP) is 3.67. The van der Waals surface area contributed by atoms with Crippen molar-refractivity contribution in [1.82, 2.24) is 14.5 Å². The number of hydrogen-bond donors (Lipinski definition) is 1. The first-order valence-corrected chi connectivity index (χ1v) is 8.66. The first-order chi connectivity index (χ1) is 12.7. The molecule has 0 unspecified atom stereocenters. The molecule has 0 fully saturated rings. The lowest BCUT2D eigenvalue weighted by atomic mass is 10.0. The standard InChI is InChI=1S/C20H19FN4O/c21-20(11-4-5-12-20)18(26)24-19-23-16-8-1-2-9-17(16)25(19)14-10-15-7-3-6-13-22-15/h1-9,13H,10-12,14H2,(H,23,24,26). The zero-order chi connectivity index (χ0) is 18.0. The van der Waals surface area contributed by atoms with Crippen molar-refractivity contribution in [3.8, 4) is 0 Å². The molecule has 0 atom stereocenters. The van der Waals surface area contributed by atoms with Crippen molar-refractivity contribution in [2.75, 3.05) is 5.32 Å². The molecular formula is C20H19FN4O. The number of nitrogens with zero attached hydrogens (tertiary/aromatic N) is 3. The summed E-state index contributed by atoms with van der Waals surface area (Å²) in [6.45, 7) is 0.588. The van der Waals surface area contributed by atoms with Crippen LogP contribution in [0.25, 0.3) is 11.0 Å². The van der Waals surface area contributed by atoms with Crippen LogP contribution in [0.5, 0.6) is 0 Å². The minimum absolute atomic E-state index is 0.104. The first kappa shape index (κ1) is 16.4. The molecule has 1 aliphatic carbocycles. The highest BCUT2D eigenvalue weighted by Crippen LogP contribution is 2.30. The molecule has 2 heterocycles. The Labute approximate surface area is 150 Å². The van der Waals surface area contributed by atoms with Crippen LogP contribution in [0.15, 0.2) is 60.8 Å². The third-order valence-electron chi connectivity index (χ3n) is 4.65. The van der Waals surface area contributed by atoms with E-state index >= 15 is 0 Å². The van der Waals surface area contributed by atoms with E-state index in [0.717, 1.165) is 16.7 Å². The summed E-state index contributed by atoms with van der Waals surface area (Å²) < 4.78 is 16.6. The van der Waals surface area contributed by atoms with E-state index in [-0.39, 0.29) is 12.8 Å². The van der Waals surface area contributed by atoms with Gasteiger partial charge in [-0.2, -0.15) is 0 Å². The van der Waals surface area contributed by atoms with E-state index in [4.69, 9.17) is 0 Å². The second kappa shape index (κ2) is 6.71.